The smallest absolute Gasteiger partial charge is 0.177 e. The number of aromatic nitrogens is 3. The Morgan fingerprint density at radius 3 is 2.80 bits per heavy atom. The van der Waals surface area contributed by atoms with Crippen molar-refractivity contribution in [2.45, 2.75) is 37.8 Å². The SMILES string of the molecule is NC1CCC(Nc2cc(Nc3cccc(I)c3)c3nccn3n2)CC1. The molecule has 0 saturated heterocycles. The fourth-order valence-electron chi connectivity index (χ4n) is 3.27. The van der Waals surface area contributed by atoms with Gasteiger partial charge in [-0.2, -0.15) is 0 Å². The molecular formula is C18H21IN6. The molecule has 6 nitrogen and oxygen atoms in total. The number of nitrogens with one attached hydrogen (secondary N) is 2. The van der Waals surface area contributed by atoms with E-state index in [2.05, 4.69) is 61.5 Å². The molecule has 1 aliphatic carbocycles. The molecule has 0 spiro atoms. The Labute approximate surface area is 160 Å². The van der Waals surface area contributed by atoms with Crippen LogP contribution in [-0.4, -0.2) is 26.7 Å². The number of imidazole rings is 1. The van der Waals surface area contributed by atoms with Crippen LogP contribution in [0.3, 0.4) is 0 Å². The van der Waals surface area contributed by atoms with Crippen LogP contribution in [0.15, 0.2) is 42.7 Å². The summed E-state index contributed by atoms with van der Waals surface area (Å²) in [5.74, 6) is 0.860. The number of anilines is 3. The third-order valence-electron chi connectivity index (χ3n) is 4.59. The monoisotopic (exact) mass is 448 g/mol. The molecule has 2 aromatic heterocycles. The van der Waals surface area contributed by atoms with Crippen molar-refractivity contribution in [2.24, 2.45) is 5.73 Å². The van der Waals surface area contributed by atoms with Crippen molar-refractivity contribution in [2.75, 3.05) is 10.6 Å². The van der Waals surface area contributed by atoms with E-state index in [4.69, 9.17) is 5.73 Å². The quantitative estimate of drug-likeness (QED) is 0.530. The van der Waals surface area contributed by atoms with Crippen LogP contribution in [0, 0.1) is 3.57 Å². The maximum absolute atomic E-state index is 6.01. The van der Waals surface area contributed by atoms with Crippen molar-refractivity contribution >= 4 is 45.4 Å². The van der Waals surface area contributed by atoms with Crippen molar-refractivity contribution in [1.29, 1.82) is 0 Å². The summed E-state index contributed by atoms with van der Waals surface area (Å²) in [6.07, 6.45) is 7.95. The van der Waals surface area contributed by atoms with E-state index in [9.17, 15) is 0 Å². The van der Waals surface area contributed by atoms with E-state index in [1.807, 2.05) is 22.8 Å². The van der Waals surface area contributed by atoms with Gasteiger partial charge >= 0.3 is 0 Å². The van der Waals surface area contributed by atoms with E-state index in [0.29, 0.717) is 12.1 Å². The maximum Gasteiger partial charge on any atom is 0.177 e. The van der Waals surface area contributed by atoms with Crippen molar-refractivity contribution in [1.82, 2.24) is 14.6 Å². The van der Waals surface area contributed by atoms with Gasteiger partial charge in [0.25, 0.3) is 0 Å². The van der Waals surface area contributed by atoms with Crippen LogP contribution < -0.4 is 16.4 Å². The highest BCUT2D eigenvalue weighted by Gasteiger charge is 2.19. The van der Waals surface area contributed by atoms with Crippen molar-refractivity contribution < 1.29 is 0 Å². The number of fused-ring (bicyclic) bond motifs is 1. The van der Waals surface area contributed by atoms with E-state index in [1.165, 1.54) is 3.57 Å². The number of nitrogens with two attached hydrogens (primary N) is 1. The zero-order valence-corrected chi connectivity index (χ0v) is 16.0. The van der Waals surface area contributed by atoms with Gasteiger partial charge in [0.15, 0.2) is 5.65 Å². The molecular weight excluding hydrogens is 427 g/mol. The van der Waals surface area contributed by atoms with Crippen LogP contribution in [0.4, 0.5) is 17.2 Å². The molecule has 3 aromatic rings. The maximum atomic E-state index is 6.01. The van der Waals surface area contributed by atoms with Crippen LogP contribution >= 0.6 is 22.6 Å². The molecule has 1 fully saturated rings. The molecule has 130 valence electrons. The number of nitrogens with zero attached hydrogens (tertiary/aromatic N) is 3. The molecule has 0 unspecified atom stereocenters. The fraction of sp³-hybridized carbons (Fsp3) is 0.333. The molecule has 2 heterocycles. The third kappa shape index (κ3) is 3.87. The lowest BCUT2D eigenvalue weighted by atomic mass is 9.92. The van der Waals surface area contributed by atoms with E-state index >= 15 is 0 Å². The van der Waals surface area contributed by atoms with Crippen LogP contribution in [0.25, 0.3) is 5.65 Å². The fourth-order valence-corrected chi connectivity index (χ4v) is 3.82. The number of rotatable bonds is 4. The Bertz CT molecular complexity index is 869. The molecule has 0 bridgehead atoms. The minimum absolute atomic E-state index is 0.347. The lowest BCUT2D eigenvalue weighted by Crippen LogP contribution is -2.33. The predicted molar refractivity (Wildman–Crippen MR) is 109 cm³/mol. The first kappa shape index (κ1) is 16.6. The number of hydrogen-bond acceptors (Lipinski definition) is 5. The van der Waals surface area contributed by atoms with Gasteiger partial charge in [-0.05, 0) is 66.5 Å². The zero-order valence-electron chi connectivity index (χ0n) is 13.8. The summed E-state index contributed by atoms with van der Waals surface area (Å²) in [7, 11) is 0. The lowest BCUT2D eigenvalue weighted by molar-refractivity contribution is 0.410. The van der Waals surface area contributed by atoms with E-state index in [1.54, 1.807) is 6.20 Å². The summed E-state index contributed by atoms with van der Waals surface area (Å²) in [4.78, 5) is 4.43. The predicted octanol–water partition coefficient (Wildman–Crippen LogP) is 3.76. The summed E-state index contributed by atoms with van der Waals surface area (Å²) >= 11 is 2.31. The summed E-state index contributed by atoms with van der Waals surface area (Å²) in [6.45, 7) is 0. The van der Waals surface area contributed by atoms with Crippen LogP contribution in [0.2, 0.25) is 0 Å². The van der Waals surface area contributed by atoms with Crippen molar-refractivity contribution in [3.8, 4) is 0 Å². The number of halogens is 1. The largest absolute Gasteiger partial charge is 0.366 e. The summed E-state index contributed by atoms with van der Waals surface area (Å²) in [5, 5.41) is 11.7. The molecule has 25 heavy (non-hydrogen) atoms. The van der Waals surface area contributed by atoms with Gasteiger partial charge in [0.1, 0.15) is 5.82 Å². The molecule has 4 rings (SSSR count). The third-order valence-corrected chi connectivity index (χ3v) is 5.26. The van der Waals surface area contributed by atoms with Gasteiger partial charge in [-0.15, -0.1) is 5.10 Å². The van der Waals surface area contributed by atoms with E-state index in [-0.39, 0.29) is 0 Å². The van der Waals surface area contributed by atoms with Crippen molar-refractivity contribution in [3.05, 3.63) is 46.3 Å². The first-order valence-electron chi connectivity index (χ1n) is 8.56. The lowest BCUT2D eigenvalue weighted by Gasteiger charge is -2.27. The molecule has 4 N–H and O–H groups in total. The topological polar surface area (TPSA) is 80.3 Å². The molecule has 0 amide bonds. The minimum Gasteiger partial charge on any atom is -0.366 e. The molecule has 1 aromatic carbocycles. The average Bonchev–Trinajstić information content (AvgIpc) is 3.06. The van der Waals surface area contributed by atoms with Gasteiger partial charge in [0.05, 0.1) is 5.69 Å². The van der Waals surface area contributed by atoms with Gasteiger partial charge in [0.2, 0.25) is 0 Å². The Hall–Kier alpha value is -1.87. The average molecular weight is 448 g/mol. The number of hydrogen-bond donors (Lipinski definition) is 3. The van der Waals surface area contributed by atoms with E-state index in [0.717, 1.165) is 48.5 Å². The highest BCUT2D eigenvalue weighted by molar-refractivity contribution is 14.1. The van der Waals surface area contributed by atoms with Crippen LogP contribution in [0.1, 0.15) is 25.7 Å². The highest BCUT2D eigenvalue weighted by atomic mass is 127. The van der Waals surface area contributed by atoms with Gasteiger partial charge in [-0.1, -0.05) is 6.07 Å². The van der Waals surface area contributed by atoms with Gasteiger partial charge in [-0.3, -0.25) is 0 Å². The Balaban J connectivity index is 1.60. The van der Waals surface area contributed by atoms with Crippen LogP contribution in [-0.2, 0) is 0 Å². The first-order valence-corrected chi connectivity index (χ1v) is 9.64. The summed E-state index contributed by atoms with van der Waals surface area (Å²) < 4.78 is 3.00. The van der Waals surface area contributed by atoms with Crippen LogP contribution in [0.5, 0.6) is 0 Å². The molecule has 0 atom stereocenters. The zero-order chi connectivity index (χ0) is 17.2. The van der Waals surface area contributed by atoms with Gasteiger partial charge < -0.3 is 16.4 Å². The second kappa shape index (κ2) is 7.17. The molecule has 1 aliphatic rings. The second-order valence-electron chi connectivity index (χ2n) is 6.53. The Morgan fingerprint density at radius 1 is 1.16 bits per heavy atom. The molecule has 0 radical (unpaired) electrons. The summed E-state index contributed by atoms with van der Waals surface area (Å²) in [6, 6.07) is 11.1. The summed E-state index contributed by atoms with van der Waals surface area (Å²) in [5.41, 5.74) is 8.80. The molecule has 7 heteroatoms. The van der Waals surface area contributed by atoms with E-state index < -0.39 is 0 Å². The molecule has 1 saturated carbocycles. The Morgan fingerprint density at radius 2 is 2.00 bits per heavy atom. The number of benzene rings is 1. The molecule has 0 aliphatic heterocycles. The normalized spacial score (nSPS) is 20.6. The van der Waals surface area contributed by atoms with Gasteiger partial charge in [-0.25, -0.2) is 9.50 Å². The minimum atomic E-state index is 0.347. The second-order valence-corrected chi connectivity index (χ2v) is 7.78. The highest BCUT2D eigenvalue weighted by Crippen LogP contribution is 2.26. The van der Waals surface area contributed by atoms with Gasteiger partial charge in [0, 0.05) is 39.8 Å². The Kier molecular flexibility index (Phi) is 4.76. The first-order chi connectivity index (χ1) is 12.2. The van der Waals surface area contributed by atoms with Crippen molar-refractivity contribution in [3.63, 3.8) is 0 Å². The standard InChI is InChI=1S/C18H21IN6/c19-12-2-1-3-15(10-12)22-16-11-17(24-25-9-8-21-18(16)25)23-14-6-4-13(20)5-7-14/h1-3,8-11,13-14,22H,4-7,20H2,(H,23,24).